The summed E-state index contributed by atoms with van der Waals surface area (Å²) in [6.45, 7) is 2.94. The third-order valence-electron chi connectivity index (χ3n) is 1.58. The average Bonchev–Trinajstić information content (AvgIpc) is 2.40. The van der Waals surface area contributed by atoms with Gasteiger partial charge in [-0.25, -0.2) is 0 Å². The van der Waals surface area contributed by atoms with Gasteiger partial charge in [0.2, 0.25) is 0 Å². The first kappa shape index (κ1) is 8.34. The van der Waals surface area contributed by atoms with E-state index < -0.39 is 0 Å². The molecule has 2 nitrogen and oxygen atoms in total. The highest BCUT2D eigenvalue weighted by Gasteiger charge is 2.04. The molecule has 0 bridgehead atoms. The van der Waals surface area contributed by atoms with Crippen molar-refractivity contribution in [2.45, 2.75) is 13.3 Å². The molecule has 0 N–H and O–H groups in total. The Hall–Kier alpha value is -0.760. The first-order valence-electron chi connectivity index (χ1n) is 3.84. The van der Waals surface area contributed by atoms with Gasteiger partial charge in [0.1, 0.15) is 5.76 Å². The molecule has 2 heteroatoms. The second-order valence-electron chi connectivity index (χ2n) is 2.84. The fraction of sp³-hybridized carbons (Fsp3) is 0.556. The van der Waals surface area contributed by atoms with Crippen molar-refractivity contribution in [2.75, 3.05) is 13.7 Å². The zero-order valence-corrected chi connectivity index (χ0v) is 7.04. The molecule has 1 aromatic rings. The van der Waals surface area contributed by atoms with Gasteiger partial charge in [-0.15, -0.1) is 0 Å². The minimum absolute atomic E-state index is 0.533. The molecule has 0 amide bonds. The van der Waals surface area contributed by atoms with E-state index in [1.54, 1.807) is 13.4 Å². The van der Waals surface area contributed by atoms with Crippen molar-refractivity contribution in [3.63, 3.8) is 0 Å². The number of rotatable bonds is 4. The number of ether oxygens (including phenoxy) is 1. The molecule has 62 valence electrons. The zero-order chi connectivity index (χ0) is 8.10. The predicted molar refractivity (Wildman–Crippen MR) is 43.5 cm³/mol. The second-order valence-corrected chi connectivity index (χ2v) is 2.84. The highest BCUT2D eigenvalue weighted by Crippen LogP contribution is 2.08. The lowest BCUT2D eigenvalue weighted by atomic mass is 10.1. The smallest absolute Gasteiger partial charge is 0.104 e. The van der Waals surface area contributed by atoms with Gasteiger partial charge < -0.3 is 9.15 Å². The van der Waals surface area contributed by atoms with Crippen LogP contribution in [0.25, 0.3) is 0 Å². The van der Waals surface area contributed by atoms with Crippen molar-refractivity contribution in [1.82, 2.24) is 0 Å². The molecular weight excluding hydrogens is 140 g/mol. The van der Waals surface area contributed by atoms with Crippen LogP contribution in [0.15, 0.2) is 22.8 Å². The third-order valence-corrected chi connectivity index (χ3v) is 1.58. The van der Waals surface area contributed by atoms with Crippen LogP contribution in [0.5, 0.6) is 0 Å². The SMILES string of the molecule is COC[C@@H](C)Cc1ccco1. The molecule has 0 aliphatic heterocycles. The summed E-state index contributed by atoms with van der Waals surface area (Å²) in [6.07, 6.45) is 2.66. The highest BCUT2D eigenvalue weighted by atomic mass is 16.5. The van der Waals surface area contributed by atoms with E-state index in [-0.39, 0.29) is 0 Å². The van der Waals surface area contributed by atoms with Gasteiger partial charge in [0.05, 0.1) is 6.26 Å². The lowest BCUT2D eigenvalue weighted by Gasteiger charge is -2.06. The Morgan fingerprint density at radius 2 is 2.45 bits per heavy atom. The number of methoxy groups -OCH3 is 1. The average molecular weight is 154 g/mol. The van der Waals surface area contributed by atoms with Gasteiger partial charge >= 0.3 is 0 Å². The Morgan fingerprint density at radius 3 is 3.00 bits per heavy atom. The van der Waals surface area contributed by atoms with Crippen LogP contribution in [0.4, 0.5) is 0 Å². The molecule has 0 radical (unpaired) electrons. The van der Waals surface area contributed by atoms with Crippen LogP contribution in [0.3, 0.4) is 0 Å². The molecule has 1 atom stereocenters. The molecular formula is C9H14O2. The van der Waals surface area contributed by atoms with Gasteiger partial charge in [-0.05, 0) is 18.1 Å². The van der Waals surface area contributed by atoms with Crippen LogP contribution in [0, 0.1) is 5.92 Å². The fourth-order valence-corrected chi connectivity index (χ4v) is 1.12. The standard InChI is InChI=1S/C9H14O2/c1-8(7-10-2)6-9-4-3-5-11-9/h3-5,8H,6-7H2,1-2H3/t8-/m0/s1. The van der Waals surface area contributed by atoms with E-state index in [0.29, 0.717) is 5.92 Å². The van der Waals surface area contributed by atoms with Crippen molar-refractivity contribution in [3.05, 3.63) is 24.2 Å². The molecule has 0 fully saturated rings. The number of hydrogen-bond acceptors (Lipinski definition) is 2. The van der Waals surface area contributed by atoms with Gasteiger partial charge in [0, 0.05) is 20.1 Å². The van der Waals surface area contributed by atoms with E-state index in [4.69, 9.17) is 9.15 Å². The molecule has 1 aromatic heterocycles. The lowest BCUT2D eigenvalue weighted by molar-refractivity contribution is 0.157. The maximum absolute atomic E-state index is 5.19. The molecule has 0 aromatic carbocycles. The summed E-state index contributed by atoms with van der Waals surface area (Å²) in [4.78, 5) is 0. The van der Waals surface area contributed by atoms with E-state index in [9.17, 15) is 0 Å². The van der Waals surface area contributed by atoms with Crippen molar-refractivity contribution < 1.29 is 9.15 Å². The molecule has 0 saturated heterocycles. The third kappa shape index (κ3) is 2.76. The topological polar surface area (TPSA) is 22.4 Å². The van der Waals surface area contributed by atoms with Crippen LogP contribution < -0.4 is 0 Å². The number of furan rings is 1. The molecule has 0 aliphatic rings. The normalized spacial score (nSPS) is 13.3. The summed E-state index contributed by atoms with van der Waals surface area (Å²) < 4.78 is 10.2. The second kappa shape index (κ2) is 4.19. The molecule has 0 aliphatic carbocycles. The highest BCUT2D eigenvalue weighted by molar-refractivity contribution is 4.98. The fourth-order valence-electron chi connectivity index (χ4n) is 1.12. The maximum Gasteiger partial charge on any atom is 0.104 e. The van der Waals surface area contributed by atoms with Crippen molar-refractivity contribution in [2.24, 2.45) is 5.92 Å². The van der Waals surface area contributed by atoms with Gasteiger partial charge in [-0.1, -0.05) is 6.92 Å². The van der Waals surface area contributed by atoms with Crippen LogP contribution >= 0.6 is 0 Å². The Kier molecular flexibility index (Phi) is 3.17. The Labute approximate surface area is 67.2 Å². The van der Waals surface area contributed by atoms with E-state index in [1.165, 1.54) is 0 Å². The van der Waals surface area contributed by atoms with Crippen LogP contribution in [0.1, 0.15) is 12.7 Å². The molecule has 0 spiro atoms. The van der Waals surface area contributed by atoms with E-state index in [1.807, 2.05) is 12.1 Å². The van der Waals surface area contributed by atoms with Crippen LogP contribution in [0.2, 0.25) is 0 Å². The molecule has 1 rings (SSSR count). The maximum atomic E-state index is 5.19. The summed E-state index contributed by atoms with van der Waals surface area (Å²) in [6, 6.07) is 3.90. The molecule has 0 saturated carbocycles. The quantitative estimate of drug-likeness (QED) is 0.662. The monoisotopic (exact) mass is 154 g/mol. The summed E-state index contributed by atoms with van der Waals surface area (Å²) in [5, 5.41) is 0. The molecule has 0 unspecified atom stereocenters. The van der Waals surface area contributed by atoms with Gasteiger partial charge in [-0.2, -0.15) is 0 Å². The predicted octanol–water partition coefficient (Wildman–Crippen LogP) is 2.10. The van der Waals surface area contributed by atoms with E-state index >= 15 is 0 Å². The Morgan fingerprint density at radius 1 is 1.64 bits per heavy atom. The Bertz CT molecular complexity index is 179. The summed E-state index contributed by atoms with van der Waals surface area (Å²) in [5.74, 6) is 1.57. The van der Waals surface area contributed by atoms with Gasteiger partial charge in [0.15, 0.2) is 0 Å². The molecule has 11 heavy (non-hydrogen) atoms. The van der Waals surface area contributed by atoms with Crippen molar-refractivity contribution >= 4 is 0 Å². The summed E-state index contributed by atoms with van der Waals surface area (Å²) >= 11 is 0. The first-order chi connectivity index (χ1) is 5.33. The largest absolute Gasteiger partial charge is 0.469 e. The zero-order valence-electron chi connectivity index (χ0n) is 7.04. The summed E-state index contributed by atoms with van der Waals surface area (Å²) in [7, 11) is 1.72. The van der Waals surface area contributed by atoms with Crippen molar-refractivity contribution in [3.8, 4) is 0 Å². The molecule has 1 heterocycles. The van der Waals surface area contributed by atoms with E-state index in [0.717, 1.165) is 18.8 Å². The van der Waals surface area contributed by atoms with Crippen LogP contribution in [-0.2, 0) is 11.2 Å². The minimum Gasteiger partial charge on any atom is -0.469 e. The number of hydrogen-bond donors (Lipinski definition) is 0. The van der Waals surface area contributed by atoms with Crippen molar-refractivity contribution in [1.29, 1.82) is 0 Å². The Balaban J connectivity index is 2.31. The van der Waals surface area contributed by atoms with Gasteiger partial charge in [0.25, 0.3) is 0 Å². The van der Waals surface area contributed by atoms with Crippen LogP contribution in [-0.4, -0.2) is 13.7 Å². The van der Waals surface area contributed by atoms with Gasteiger partial charge in [-0.3, -0.25) is 0 Å². The summed E-state index contributed by atoms with van der Waals surface area (Å²) in [5.41, 5.74) is 0. The minimum atomic E-state index is 0.533. The van der Waals surface area contributed by atoms with E-state index in [2.05, 4.69) is 6.92 Å². The first-order valence-corrected chi connectivity index (χ1v) is 3.84. The lowest BCUT2D eigenvalue weighted by Crippen LogP contribution is -2.06.